The first-order valence-electron chi connectivity index (χ1n) is 7.75. The fourth-order valence-electron chi connectivity index (χ4n) is 2.28. The third-order valence-electron chi connectivity index (χ3n) is 3.65. The summed E-state index contributed by atoms with van der Waals surface area (Å²) in [4.78, 5) is 2.27. The van der Waals surface area contributed by atoms with Gasteiger partial charge in [0.1, 0.15) is 0 Å². The Morgan fingerprint density at radius 3 is 1.29 bits per heavy atom. The maximum absolute atomic E-state index is 5.98. The van der Waals surface area contributed by atoms with Crippen LogP contribution in [0.15, 0.2) is 82.6 Å². The van der Waals surface area contributed by atoms with Crippen LogP contribution in [0.4, 0.5) is 11.4 Å². The van der Waals surface area contributed by atoms with Crippen LogP contribution in [0.5, 0.6) is 0 Å². The Balaban J connectivity index is 1.55. The van der Waals surface area contributed by atoms with Gasteiger partial charge in [-0.1, -0.05) is 48.5 Å². The highest BCUT2D eigenvalue weighted by atomic mass is 32.2. The molecule has 0 unspecified atom stereocenters. The molecule has 0 saturated carbocycles. The Bertz CT molecular complexity index is 732. The summed E-state index contributed by atoms with van der Waals surface area (Å²) in [6, 6.07) is 24.7. The van der Waals surface area contributed by atoms with Crippen LogP contribution in [0.1, 0.15) is 11.1 Å². The first kappa shape index (κ1) is 16.8. The zero-order valence-electron chi connectivity index (χ0n) is 13.3. The largest absolute Gasteiger partial charge is 0.398 e. The number of para-hydroxylation sites is 2. The van der Waals surface area contributed by atoms with Crippen molar-refractivity contribution in [3.05, 3.63) is 83.9 Å². The maximum Gasteiger partial charge on any atom is 0.0452 e. The SMILES string of the molecule is Nc1ccccc1SCc1ccc(CSc2ccccc2N)cc1. The van der Waals surface area contributed by atoms with Crippen LogP contribution in [-0.4, -0.2) is 0 Å². The molecular weight excluding hydrogens is 332 g/mol. The van der Waals surface area contributed by atoms with Gasteiger partial charge in [-0.15, -0.1) is 23.5 Å². The quantitative estimate of drug-likeness (QED) is 0.458. The van der Waals surface area contributed by atoms with Crippen LogP contribution < -0.4 is 11.5 Å². The molecule has 24 heavy (non-hydrogen) atoms. The van der Waals surface area contributed by atoms with E-state index in [1.54, 1.807) is 23.5 Å². The van der Waals surface area contributed by atoms with Gasteiger partial charge in [-0.25, -0.2) is 0 Å². The molecule has 0 bridgehead atoms. The normalized spacial score (nSPS) is 10.7. The van der Waals surface area contributed by atoms with Gasteiger partial charge < -0.3 is 11.5 Å². The second kappa shape index (κ2) is 8.18. The van der Waals surface area contributed by atoms with E-state index in [-0.39, 0.29) is 0 Å². The molecule has 0 aromatic heterocycles. The van der Waals surface area contributed by atoms with Crippen molar-refractivity contribution in [2.75, 3.05) is 11.5 Å². The van der Waals surface area contributed by atoms with Crippen LogP contribution in [-0.2, 0) is 11.5 Å². The smallest absolute Gasteiger partial charge is 0.0452 e. The van der Waals surface area contributed by atoms with Crippen LogP contribution in [0.3, 0.4) is 0 Å². The number of rotatable bonds is 6. The van der Waals surface area contributed by atoms with Crippen molar-refractivity contribution in [2.45, 2.75) is 21.3 Å². The number of anilines is 2. The minimum atomic E-state index is 0.843. The van der Waals surface area contributed by atoms with Gasteiger partial charge in [-0.2, -0.15) is 0 Å². The van der Waals surface area contributed by atoms with Gasteiger partial charge in [0.15, 0.2) is 0 Å². The van der Waals surface area contributed by atoms with E-state index in [4.69, 9.17) is 11.5 Å². The topological polar surface area (TPSA) is 52.0 Å². The second-order valence-corrected chi connectivity index (χ2v) is 7.50. The van der Waals surface area contributed by atoms with E-state index < -0.39 is 0 Å². The molecule has 3 aromatic carbocycles. The summed E-state index contributed by atoms with van der Waals surface area (Å²) in [5.74, 6) is 1.85. The lowest BCUT2D eigenvalue weighted by Gasteiger charge is -2.07. The van der Waals surface area contributed by atoms with Crippen LogP contribution in [0.25, 0.3) is 0 Å². The van der Waals surface area contributed by atoms with Gasteiger partial charge in [0.05, 0.1) is 0 Å². The van der Waals surface area contributed by atoms with Crippen molar-refractivity contribution >= 4 is 34.9 Å². The predicted molar refractivity (Wildman–Crippen MR) is 107 cm³/mol. The standard InChI is InChI=1S/C20H20N2S2/c21-17-5-1-3-7-19(17)23-13-15-9-11-16(12-10-15)14-24-20-8-4-2-6-18(20)22/h1-12H,13-14,21-22H2. The first-order valence-corrected chi connectivity index (χ1v) is 9.72. The van der Waals surface area contributed by atoms with E-state index >= 15 is 0 Å². The summed E-state index contributed by atoms with van der Waals surface area (Å²) in [5.41, 5.74) is 16.3. The molecule has 4 N–H and O–H groups in total. The highest BCUT2D eigenvalue weighted by molar-refractivity contribution is 7.99. The van der Waals surface area contributed by atoms with E-state index in [0.29, 0.717) is 0 Å². The number of nitrogens with two attached hydrogens (primary N) is 2. The molecule has 0 atom stereocenters. The summed E-state index contributed by atoms with van der Waals surface area (Å²) in [5, 5.41) is 0. The molecule has 2 nitrogen and oxygen atoms in total. The van der Waals surface area contributed by atoms with E-state index in [9.17, 15) is 0 Å². The Morgan fingerprint density at radius 2 is 0.917 bits per heavy atom. The molecule has 0 saturated heterocycles. The molecule has 122 valence electrons. The number of nitrogen functional groups attached to an aromatic ring is 2. The van der Waals surface area contributed by atoms with Crippen molar-refractivity contribution < 1.29 is 0 Å². The van der Waals surface area contributed by atoms with E-state index in [0.717, 1.165) is 32.7 Å². The van der Waals surface area contributed by atoms with Gasteiger partial charge in [-0.3, -0.25) is 0 Å². The van der Waals surface area contributed by atoms with Gasteiger partial charge in [0.25, 0.3) is 0 Å². The van der Waals surface area contributed by atoms with Crippen molar-refractivity contribution in [1.29, 1.82) is 0 Å². The lowest BCUT2D eigenvalue weighted by molar-refractivity contribution is 1.33. The molecule has 4 heteroatoms. The van der Waals surface area contributed by atoms with Gasteiger partial charge in [-0.05, 0) is 35.4 Å². The third kappa shape index (κ3) is 4.49. The number of thioether (sulfide) groups is 2. The fourth-order valence-corrected chi connectivity index (χ4v) is 4.13. The first-order chi connectivity index (χ1) is 11.7. The van der Waals surface area contributed by atoms with Crippen molar-refractivity contribution in [1.82, 2.24) is 0 Å². The predicted octanol–water partition coefficient (Wildman–Crippen LogP) is 5.44. The molecule has 0 aliphatic rings. The van der Waals surface area contributed by atoms with Crippen LogP contribution >= 0.6 is 23.5 Å². The molecule has 0 aliphatic heterocycles. The number of hydrogen-bond acceptors (Lipinski definition) is 4. The molecule has 0 spiro atoms. The lowest BCUT2D eigenvalue weighted by Crippen LogP contribution is -1.89. The molecule has 3 rings (SSSR count). The average Bonchev–Trinajstić information content (AvgIpc) is 2.61. The second-order valence-electron chi connectivity index (χ2n) is 5.47. The third-order valence-corrected chi connectivity index (χ3v) is 5.97. The maximum atomic E-state index is 5.98. The van der Waals surface area contributed by atoms with E-state index in [2.05, 4.69) is 36.4 Å². The zero-order chi connectivity index (χ0) is 16.8. The minimum absolute atomic E-state index is 0.843. The summed E-state index contributed by atoms with van der Waals surface area (Å²) in [7, 11) is 0. The van der Waals surface area contributed by atoms with Crippen molar-refractivity contribution in [3.8, 4) is 0 Å². The fraction of sp³-hybridized carbons (Fsp3) is 0.100. The highest BCUT2D eigenvalue weighted by Crippen LogP contribution is 2.29. The summed E-state index contributed by atoms with van der Waals surface area (Å²) < 4.78 is 0. The Hall–Kier alpha value is -2.04. The molecular formula is C20H20N2S2. The lowest BCUT2D eigenvalue weighted by atomic mass is 10.2. The van der Waals surface area contributed by atoms with E-state index in [1.807, 2.05) is 36.4 Å². The van der Waals surface area contributed by atoms with Gasteiger partial charge in [0, 0.05) is 32.7 Å². The van der Waals surface area contributed by atoms with Gasteiger partial charge in [0.2, 0.25) is 0 Å². The zero-order valence-corrected chi connectivity index (χ0v) is 14.9. The Morgan fingerprint density at radius 1 is 0.542 bits per heavy atom. The van der Waals surface area contributed by atoms with E-state index in [1.165, 1.54) is 11.1 Å². The monoisotopic (exact) mass is 352 g/mol. The molecule has 0 amide bonds. The minimum Gasteiger partial charge on any atom is -0.398 e. The van der Waals surface area contributed by atoms with Crippen molar-refractivity contribution in [3.63, 3.8) is 0 Å². The van der Waals surface area contributed by atoms with Gasteiger partial charge >= 0.3 is 0 Å². The number of benzene rings is 3. The van der Waals surface area contributed by atoms with Crippen molar-refractivity contribution in [2.24, 2.45) is 0 Å². The Kier molecular flexibility index (Phi) is 5.72. The van der Waals surface area contributed by atoms with Crippen LogP contribution in [0.2, 0.25) is 0 Å². The molecule has 0 radical (unpaired) electrons. The summed E-state index contributed by atoms with van der Waals surface area (Å²) >= 11 is 3.54. The molecule has 0 heterocycles. The summed E-state index contributed by atoms with van der Waals surface area (Å²) in [6.07, 6.45) is 0. The molecule has 0 fully saturated rings. The highest BCUT2D eigenvalue weighted by Gasteiger charge is 2.02. The Labute approximate surface area is 151 Å². The average molecular weight is 353 g/mol. The summed E-state index contributed by atoms with van der Waals surface area (Å²) in [6.45, 7) is 0. The van der Waals surface area contributed by atoms with Crippen LogP contribution in [0, 0.1) is 0 Å². The molecule has 0 aliphatic carbocycles. The number of hydrogen-bond donors (Lipinski definition) is 2. The molecule has 3 aromatic rings.